The molecule has 1 aliphatic rings. The maximum absolute atomic E-state index is 11.2. The van der Waals surface area contributed by atoms with Crippen molar-refractivity contribution in [2.75, 3.05) is 33.2 Å². The molecule has 0 aromatic rings. The van der Waals surface area contributed by atoms with E-state index < -0.39 is 0 Å². The summed E-state index contributed by atoms with van der Waals surface area (Å²) in [6.07, 6.45) is 5.57. The number of nitrogens with one attached hydrogen (secondary N) is 2. The highest BCUT2D eigenvalue weighted by Gasteiger charge is 2.21. The maximum Gasteiger partial charge on any atom is 0.219 e. The number of amides is 1. The van der Waals surface area contributed by atoms with Gasteiger partial charge in [0.15, 0.2) is 0 Å². The number of hydrogen-bond donors (Lipinski definition) is 2. The third-order valence-corrected chi connectivity index (χ3v) is 3.81. The second-order valence-electron chi connectivity index (χ2n) is 6.01. The number of likely N-dealkylation sites (tertiary alicyclic amines) is 1. The Bertz CT molecular complexity index is 256. The molecule has 0 aromatic heterocycles. The van der Waals surface area contributed by atoms with E-state index in [9.17, 15) is 4.79 Å². The molecule has 112 valence electrons. The first-order valence-corrected chi connectivity index (χ1v) is 7.78. The van der Waals surface area contributed by atoms with Gasteiger partial charge < -0.3 is 10.6 Å². The van der Waals surface area contributed by atoms with Gasteiger partial charge in [-0.2, -0.15) is 0 Å². The molecule has 4 nitrogen and oxygen atoms in total. The summed E-state index contributed by atoms with van der Waals surface area (Å²) in [7, 11) is 1.71. The fraction of sp³-hybridized carbons (Fsp3) is 0.933. The van der Waals surface area contributed by atoms with Gasteiger partial charge in [-0.1, -0.05) is 20.3 Å². The van der Waals surface area contributed by atoms with Gasteiger partial charge in [-0.25, -0.2) is 0 Å². The summed E-state index contributed by atoms with van der Waals surface area (Å²) in [5.74, 6) is 0.872. The van der Waals surface area contributed by atoms with Crippen molar-refractivity contribution < 1.29 is 4.79 Å². The fourth-order valence-electron chi connectivity index (χ4n) is 2.69. The van der Waals surface area contributed by atoms with Crippen LogP contribution in [0.1, 0.15) is 46.0 Å². The molecule has 0 bridgehead atoms. The maximum atomic E-state index is 11.2. The van der Waals surface area contributed by atoms with Crippen molar-refractivity contribution >= 4 is 5.91 Å². The second kappa shape index (κ2) is 9.32. The summed E-state index contributed by atoms with van der Waals surface area (Å²) in [5, 5.41) is 6.26. The Labute approximate surface area is 118 Å². The summed E-state index contributed by atoms with van der Waals surface area (Å²) in [5.41, 5.74) is 0. The normalized spacial score (nSPS) is 20.7. The molecule has 4 heteroatoms. The zero-order valence-electron chi connectivity index (χ0n) is 12.9. The monoisotopic (exact) mass is 269 g/mol. The predicted octanol–water partition coefficient (Wildman–Crippen LogP) is 1.61. The largest absolute Gasteiger partial charge is 0.359 e. The third-order valence-electron chi connectivity index (χ3n) is 3.81. The lowest BCUT2D eigenvalue weighted by Gasteiger charge is -2.36. The van der Waals surface area contributed by atoms with Crippen LogP contribution in [0.5, 0.6) is 0 Å². The molecule has 0 radical (unpaired) electrons. The standard InChI is InChI=1S/C15H31N3O/c1-13(2)11-17-12-14-7-4-5-9-18(14)10-6-8-15(19)16-3/h13-14,17H,4-12H2,1-3H3,(H,16,19). The van der Waals surface area contributed by atoms with E-state index in [0.29, 0.717) is 18.4 Å². The van der Waals surface area contributed by atoms with Crippen molar-refractivity contribution in [3.8, 4) is 0 Å². The molecule has 0 saturated carbocycles. The molecule has 1 unspecified atom stereocenters. The van der Waals surface area contributed by atoms with Crippen LogP contribution in [-0.2, 0) is 4.79 Å². The van der Waals surface area contributed by atoms with Crippen molar-refractivity contribution in [1.82, 2.24) is 15.5 Å². The van der Waals surface area contributed by atoms with Gasteiger partial charge in [-0.3, -0.25) is 9.69 Å². The van der Waals surface area contributed by atoms with Crippen molar-refractivity contribution in [3.63, 3.8) is 0 Å². The van der Waals surface area contributed by atoms with Crippen LogP contribution < -0.4 is 10.6 Å². The number of carbonyl (C=O) groups excluding carboxylic acids is 1. The minimum absolute atomic E-state index is 0.159. The Morgan fingerprint density at radius 2 is 2.16 bits per heavy atom. The van der Waals surface area contributed by atoms with Crippen LogP contribution in [0.2, 0.25) is 0 Å². The molecule has 1 rings (SSSR count). The smallest absolute Gasteiger partial charge is 0.219 e. The number of hydrogen-bond acceptors (Lipinski definition) is 3. The van der Waals surface area contributed by atoms with Crippen LogP contribution in [0.3, 0.4) is 0 Å². The molecule has 19 heavy (non-hydrogen) atoms. The summed E-state index contributed by atoms with van der Waals surface area (Å²) in [6, 6.07) is 0.664. The van der Waals surface area contributed by atoms with E-state index in [1.807, 2.05) is 0 Å². The van der Waals surface area contributed by atoms with Crippen LogP contribution in [0, 0.1) is 5.92 Å². The highest BCUT2D eigenvalue weighted by atomic mass is 16.1. The molecule has 0 aromatic carbocycles. The average molecular weight is 269 g/mol. The number of carbonyl (C=O) groups is 1. The van der Waals surface area contributed by atoms with Gasteiger partial charge in [0.2, 0.25) is 5.91 Å². The Hall–Kier alpha value is -0.610. The summed E-state index contributed by atoms with van der Waals surface area (Å²) >= 11 is 0. The molecular formula is C15H31N3O. The van der Waals surface area contributed by atoms with Gasteiger partial charge in [0, 0.05) is 26.1 Å². The lowest BCUT2D eigenvalue weighted by Crippen LogP contribution is -2.46. The highest BCUT2D eigenvalue weighted by molar-refractivity contribution is 5.75. The van der Waals surface area contributed by atoms with Crippen molar-refractivity contribution in [2.24, 2.45) is 5.92 Å². The molecule has 0 spiro atoms. The van der Waals surface area contributed by atoms with Gasteiger partial charge in [-0.05, 0) is 44.8 Å². The number of rotatable bonds is 8. The van der Waals surface area contributed by atoms with Crippen molar-refractivity contribution in [2.45, 2.75) is 52.0 Å². The number of piperidine rings is 1. The Morgan fingerprint density at radius 3 is 2.84 bits per heavy atom. The van der Waals surface area contributed by atoms with E-state index in [1.165, 1.54) is 25.8 Å². The van der Waals surface area contributed by atoms with Crippen LogP contribution >= 0.6 is 0 Å². The van der Waals surface area contributed by atoms with E-state index in [2.05, 4.69) is 29.4 Å². The number of nitrogens with zero attached hydrogens (tertiary/aromatic N) is 1. The van der Waals surface area contributed by atoms with E-state index in [0.717, 1.165) is 26.1 Å². The Morgan fingerprint density at radius 1 is 1.37 bits per heavy atom. The molecule has 1 amide bonds. The van der Waals surface area contributed by atoms with E-state index >= 15 is 0 Å². The van der Waals surface area contributed by atoms with Crippen molar-refractivity contribution in [3.05, 3.63) is 0 Å². The third kappa shape index (κ3) is 6.92. The quantitative estimate of drug-likeness (QED) is 0.704. The second-order valence-corrected chi connectivity index (χ2v) is 6.01. The summed E-state index contributed by atoms with van der Waals surface area (Å²) in [6.45, 7) is 8.94. The van der Waals surface area contributed by atoms with Crippen molar-refractivity contribution in [1.29, 1.82) is 0 Å². The molecular weight excluding hydrogens is 238 g/mol. The van der Waals surface area contributed by atoms with E-state index in [1.54, 1.807) is 7.05 Å². The highest BCUT2D eigenvalue weighted by Crippen LogP contribution is 2.17. The lowest BCUT2D eigenvalue weighted by molar-refractivity contribution is -0.120. The lowest BCUT2D eigenvalue weighted by atomic mass is 10.0. The minimum atomic E-state index is 0.159. The first-order chi connectivity index (χ1) is 9.13. The van der Waals surface area contributed by atoms with E-state index in [4.69, 9.17) is 0 Å². The fourth-order valence-corrected chi connectivity index (χ4v) is 2.69. The van der Waals surface area contributed by atoms with Crippen LogP contribution in [0.4, 0.5) is 0 Å². The molecule has 1 heterocycles. The SMILES string of the molecule is CNC(=O)CCCN1CCCCC1CNCC(C)C. The first-order valence-electron chi connectivity index (χ1n) is 7.78. The topological polar surface area (TPSA) is 44.4 Å². The summed E-state index contributed by atoms with van der Waals surface area (Å²) < 4.78 is 0. The Kier molecular flexibility index (Phi) is 8.07. The molecule has 1 fully saturated rings. The zero-order chi connectivity index (χ0) is 14.1. The molecule has 2 N–H and O–H groups in total. The van der Waals surface area contributed by atoms with E-state index in [-0.39, 0.29) is 5.91 Å². The summed E-state index contributed by atoms with van der Waals surface area (Å²) in [4.78, 5) is 13.8. The van der Waals surface area contributed by atoms with Gasteiger partial charge in [0.1, 0.15) is 0 Å². The van der Waals surface area contributed by atoms with Crippen LogP contribution in [0.25, 0.3) is 0 Å². The van der Waals surface area contributed by atoms with Crippen LogP contribution in [0.15, 0.2) is 0 Å². The van der Waals surface area contributed by atoms with Gasteiger partial charge in [0.25, 0.3) is 0 Å². The van der Waals surface area contributed by atoms with Gasteiger partial charge >= 0.3 is 0 Å². The molecule has 1 saturated heterocycles. The first kappa shape index (κ1) is 16.4. The molecule has 1 atom stereocenters. The van der Waals surface area contributed by atoms with Gasteiger partial charge in [-0.15, -0.1) is 0 Å². The Balaban J connectivity index is 2.25. The van der Waals surface area contributed by atoms with Gasteiger partial charge in [0.05, 0.1) is 0 Å². The zero-order valence-corrected chi connectivity index (χ0v) is 12.9. The molecule has 1 aliphatic heterocycles. The van der Waals surface area contributed by atoms with Crippen LogP contribution in [-0.4, -0.2) is 50.1 Å². The minimum Gasteiger partial charge on any atom is -0.359 e. The average Bonchev–Trinajstić information content (AvgIpc) is 2.40. The predicted molar refractivity (Wildman–Crippen MR) is 80.2 cm³/mol. The molecule has 0 aliphatic carbocycles.